The van der Waals surface area contributed by atoms with Crippen LogP contribution in [0, 0.1) is 0 Å². The zero-order chi connectivity index (χ0) is 18.1. The summed E-state index contributed by atoms with van der Waals surface area (Å²) in [6.07, 6.45) is 0.682. The van der Waals surface area contributed by atoms with E-state index in [9.17, 15) is 9.59 Å². The standard InChI is InChI=1S/C18H27N3O4/c1-24-12-4-9-21(14-17(22)20-10-7-19-8-11-20)18(23)15-5-3-6-16(13-15)25-2/h3,5-6,13,19H,4,7-12,14H2,1-2H3. The maximum Gasteiger partial charge on any atom is 0.254 e. The first-order valence-corrected chi connectivity index (χ1v) is 8.56. The number of ether oxygens (including phenoxy) is 2. The van der Waals surface area contributed by atoms with Crippen molar-refractivity contribution in [3.05, 3.63) is 29.8 Å². The third-order valence-electron chi connectivity index (χ3n) is 4.18. The van der Waals surface area contributed by atoms with E-state index >= 15 is 0 Å². The molecular formula is C18H27N3O4. The third-order valence-corrected chi connectivity index (χ3v) is 4.18. The molecule has 138 valence electrons. The van der Waals surface area contributed by atoms with E-state index in [1.165, 1.54) is 0 Å². The zero-order valence-electron chi connectivity index (χ0n) is 15.0. The van der Waals surface area contributed by atoms with Crippen LogP contribution >= 0.6 is 0 Å². The predicted octanol–water partition coefficient (Wildman–Crippen LogP) is 0.606. The molecule has 0 spiro atoms. The fourth-order valence-electron chi connectivity index (χ4n) is 2.77. The van der Waals surface area contributed by atoms with E-state index in [2.05, 4.69) is 5.32 Å². The number of carbonyl (C=O) groups excluding carboxylic acids is 2. The van der Waals surface area contributed by atoms with Crippen LogP contribution in [-0.4, -0.2) is 81.7 Å². The van der Waals surface area contributed by atoms with Crippen molar-refractivity contribution in [3.8, 4) is 5.75 Å². The van der Waals surface area contributed by atoms with Gasteiger partial charge in [0.15, 0.2) is 0 Å². The summed E-state index contributed by atoms with van der Waals surface area (Å²) in [4.78, 5) is 28.8. The van der Waals surface area contributed by atoms with Gasteiger partial charge in [-0.1, -0.05) is 6.07 Å². The highest BCUT2D eigenvalue weighted by atomic mass is 16.5. The van der Waals surface area contributed by atoms with Gasteiger partial charge in [0.05, 0.1) is 7.11 Å². The smallest absolute Gasteiger partial charge is 0.254 e. The Morgan fingerprint density at radius 2 is 2.00 bits per heavy atom. The SMILES string of the molecule is COCCCN(CC(=O)N1CCNCC1)C(=O)c1cccc(OC)c1. The maximum absolute atomic E-state index is 12.9. The van der Waals surface area contributed by atoms with Crippen molar-refractivity contribution < 1.29 is 19.1 Å². The first kappa shape index (κ1) is 19.2. The van der Waals surface area contributed by atoms with Gasteiger partial charge < -0.3 is 24.6 Å². The van der Waals surface area contributed by atoms with Crippen molar-refractivity contribution in [1.29, 1.82) is 0 Å². The molecule has 7 nitrogen and oxygen atoms in total. The largest absolute Gasteiger partial charge is 0.497 e. The lowest BCUT2D eigenvalue weighted by Gasteiger charge is -2.30. The van der Waals surface area contributed by atoms with E-state index in [1.807, 2.05) is 0 Å². The summed E-state index contributed by atoms with van der Waals surface area (Å²) in [6.45, 7) is 4.04. The number of nitrogens with one attached hydrogen (secondary N) is 1. The Labute approximate surface area is 148 Å². The van der Waals surface area contributed by atoms with Gasteiger partial charge in [-0.3, -0.25) is 9.59 Å². The molecule has 1 heterocycles. The van der Waals surface area contributed by atoms with E-state index in [1.54, 1.807) is 48.3 Å². The summed E-state index contributed by atoms with van der Waals surface area (Å²) in [7, 11) is 3.19. The van der Waals surface area contributed by atoms with Gasteiger partial charge in [-0.05, 0) is 24.6 Å². The van der Waals surface area contributed by atoms with Gasteiger partial charge in [-0.2, -0.15) is 0 Å². The molecule has 0 unspecified atom stereocenters. The Kier molecular flexibility index (Phi) is 7.69. The molecule has 25 heavy (non-hydrogen) atoms. The average molecular weight is 349 g/mol. The van der Waals surface area contributed by atoms with Crippen LogP contribution in [0.4, 0.5) is 0 Å². The Hall–Kier alpha value is -2.12. The molecule has 1 fully saturated rings. The highest BCUT2D eigenvalue weighted by Crippen LogP contribution is 2.15. The van der Waals surface area contributed by atoms with Crippen molar-refractivity contribution in [1.82, 2.24) is 15.1 Å². The molecule has 1 aliphatic heterocycles. The highest BCUT2D eigenvalue weighted by molar-refractivity contribution is 5.96. The van der Waals surface area contributed by atoms with Crippen molar-refractivity contribution >= 4 is 11.8 Å². The second-order valence-electron chi connectivity index (χ2n) is 5.94. The number of methoxy groups -OCH3 is 2. The van der Waals surface area contributed by atoms with Gasteiger partial charge in [-0.25, -0.2) is 0 Å². The molecule has 0 saturated carbocycles. The lowest BCUT2D eigenvalue weighted by atomic mass is 10.1. The summed E-state index contributed by atoms with van der Waals surface area (Å²) in [5.41, 5.74) is 0.518. The molecule has 1 aromatic rings. The van der Waals surface area contributed by atoms with Crippen molar-refractivity contribution in [3.63, 3.8) is 0 Å². The van der Waals surface area contributed by atoms with E-state index in [4.69, 9.17) is 9.47 Å². The minimum Gasteiger partial charge on any atom is -0.497 e. The fourth-order valence-corrected chi connectivity index (χ4v) is 2.77. The Bertz CT molecular complexity index is 573. The van der Waals surface area contributed by atoms with Gasteiger partial charge in [0.25, 0.3) is 5.91 Å². The summed E-state index contributed by atoms with van der Waals surface area (Å²) >= 11 is 0. The Balaban J connectivity index is 2.07. The number of carbonyl (C=O) groups is 2. The number of rotatable bonds is 8. The molecule has 1 saturated heterocycles. The van der Waals surface area contributed by atoms with Gasteiger partial charge >= 0.3 is 0 Å². The molecule has 7 heteroatoms. The van der Waals surface area contributed by atoms with E-state index in [0.29, 0.717) is 44.0 Å². The fraction of sp³-hybridized carbons (Fsp3) is 0.556. The number of hydrogen-bond donors (Lipinski definition) is 1. The molecular weight excluding hydrogens is 322 g/mol. The third kappa shape index (κ3) is 5.72. The highest BCUT2D eigenvalue weighted by Gasteiger charge is 2.23. The quantitative estimate of drug-likeness (QED) is 0.696. The molecule has 1 aromatic carbocycles. The molecule has 0 radical (unpaired) electrons. The summed E-state index contributed by atoms with van der Waals surface area (Å²) in [6, 6.07) is 7.00. The average Bonchev–Trinajstić information content (AvgIpc) is 2.67. The Morgan fingerprint density at radius 3 is 2.68 bits per heavy atom. The molecule has 1 N–H and O–H groups in total. The molecule has 0 atom stereocenters. The second kappa shape index (κ2) is 10.0. The number of amides is 2. The van der Waals surface area contributed by atoms with Gasteiger partial charge in [-0.15, -0.1) is 0 Å². The monoisotopic (exact) mass is 349 g/mol. The molecule has 1 aliphatic rings. The lowest BCUT2D eigenvalue weighted by molar-refractivity contribution is -0.132. The summed E-state index contributed by atoms with van der Waals surface area (Å²) < 4.78 is 10.3. The number of piperazine rings is 1. The minimum atomic E-state index is -0.168. The molecule has 2 amide bonds. The van der Waals surface area contributed by atoms with Gasteiger partial charge in [0, 0.05) is 52.0 Å². The molecule has 0 aromatic heterocycles. The zero-order valence-corrected chi connectivity index (χ0v) is 15.0. The maximum atomic E-state index is 12.9. The summed E-state index contributed by atoms with van der Waals surface area (Å²) in [5.74, 6) is 0.435. The first-order valence-electron chi connectivity index (χ1n) is 8.56. The lowest BCUT2D eigenvalue weighted by Crippen LogP contribution is -2.50. The van der Waals surface area contributed by atoms with E-state index in [-0.39, 0.29) is 18.4 Å². The Morgan fingerprint density at radius 1 is 1.24 bits per heavy atom. The topological polar surface area (TPSA) is 71.1 Å². The van der Waals surface area contributed by atoms with Gasteiger partial charge in [0.1, 0.15) is 12.3 Å². The molecule has 2 rings (SSSR count). The number of nitrogens with zero attached hydrogens (tertiary/aromatic N) is 2. The van der Waals surface area contributed by atoms with Crippen LogP contribution in [0.1, 0.15) is 16.8 Å². The van der Waals surface area contributed by atoms with Crippen LogP contribution in [0.5, 0.6) is 5.75 Å². The van der Waals surface area contributed by atoms with E-state index in [0.717, 1.165) is 13.1 Å². The van der Waals surface area contributed by atoms with Crippen LogP contribution < -0.4 is 10.1 Å². The van der Waals surface area contributed by atoms with Crippen molar-refractivity contribution in [2.45, 2.75) is 6.42 Å². The number of hydrogen-bond acceptors (Lipinski definition) is 5. The van der Waals surface area contributed by atoms with Crippen LogP contribution in [-0.2, 0) is 9.53 Å². The van der Waals surface area contributed by atoms with Crippen LogP contribution in [0.25, 0.3) is 0 Å². The van der Waals surface area contributed by atoms with Crippen LogP contribution in [0.15, 0.2) is 24.3 Å². The van der Waals surface area contributed by atoms with Gasteiger partial charge in [0.2, 0.25) is 5.91 Å². The normalized spacial score (nSPS) is 14.2. The van der Waals surface area contributed by atoms with Crippen molar-refractivity contribution in [2.24, 2.45) is 0 Å². The molecule has 0 bridgehead atoms. The van der Waals surface area contributed by atoms with Crippen LogP contribution in [0.3, 0.4) is 0 Å². The predicted molar refractivity (Wildman–Crippen MR) is 94.8 cm³/mol. The molecule has 0 aliphatic carbocycles. The number of benzene rings is 1. The van der Waals surface area contributed by atoms with E-state index < -0.39 is 0 Å². The first-order chi connectivity index (χ1) is 12.2. The van der Waals surface area contributed by atoms with Crippen molar-refractivity contribution in [2.75, 3.05) is 60.1 Å². The second-order valence-corrected chi connectivity index (χ2v) is 5.94. The van der Waals surface area contributed by atoms with Crippen LogP contribution in [0.2, 0.25) is 0 Å². The minimum absolute atomic E-state index is 0.0184. The summed E-state index contributed by atoms with van der Waals surface area (Å²) in [5, 5.41) is 3.22.